The molecule has 1 aliphatic rings. The average Bonchev–Trinajstić information content (AvgIpc) is 2.44. The van der Waals surface area contributed by atoms with E-state index in [-0.39, 0.29) is 0 Å². The minimum Gasteiger partial charge on any atom is -0.489 e. The van der Waals surface area contributed by atoms with Crippen LogP contribution in [-0.4, -0.2) is 62.9 Å². The summed E-state index contributed by atoms with van der Waals surface area (Å²) < 4.78 is 10.6. The normalized spacial score (nSPS) is 20.2. The highest BCUT2D eigenvalue weighted by Gasteiger charge is 2.21. The lowest BCUT2D eigenvalue weighted by molar-refractivity contribution is 0.145. The molecule has 1 saturated heterocycles. The molecule has 0 bridgehead atoms. The number of anilines is 1. The van der Waals surface area contributed by atoms with E-state index in [1.165, 1.54) is 0 Å². The second-order valence-corrected chi connectivity index (χ2v) is 5.37. The van der Waals surface area contributed by atoms with E-state index in [9.17, 15) is 0 Å². The number of aryl methyl sites for hydroxylation is 1. The van der Waals surface area contributed by atoms with Gasteiger partial charge in [-0.2, -0.15) is 0 Å². The highest BCUT2D eigenvalue weighted by Crippen LogP contribution is 2.22. The number of methoxy groups -OCH3 is 1. The standard InChI is InChI=1S/C15H25N3O2/c1-12-11-18(8-7-17(12)3)15-6-5-14(13(2)16-15)20-10-9-19-4/h5-6,12H,7-11H2,1-4H3. The van der Waals surface area contributed by atoms with Gasteiger partial charge in [-0.15, -0.1) is 0 Å². The van der Waals surface area contributed by atoms with Crippen LogP contribution in [0.2, 0.25) is 0 Å². The fourth-order valence-electron chi connectivity index (χ4n) is 2.36. The number of nitrogens with zero attached hydrogens (tertiary/aromatic N) is 3. The fraction of sp³-hybridized carbons (Fsp3) is 0.667. The van der Waals surface area contributed by atoms with Crippen molar-refractivity contribution in [2.75, 3.05) is 51.9 Å². The Morgan fingerprint density at radius 3 is 2.75 bits per heavy atom. The molecule has 1 unspecified atom stereocenters. The van der Waals surface area contributed by atoms with Gasteiger partial charge in [0.1, 0.15) is 18.2 Å². The third-order valence-corrected chi connectivity index (χ3v) is 3.85. The molecule has 1 aromatic heterocycles. The Morgan fingerprint density at radius 2 is 2.10 bits per heavy atom. The maximum Gasteiger partial charge on any atom is 0.140 e. The first-order valence-corrected chi connectivity index (χ1v) is 7.16. The monoisotopic (exact) mass is 279 g/mol. The minimum absolute atomic E-state index is 0.559. The van der Waals surface area contributed by atoms with Crippen molar-refractivity contribution in [3.63, 3.8) is 0 Å². The van der Waals surface area contributed by atoms with Crippen molar-refractivity contribution in [2.24, 2.45) is 0 Å². The van der Waals surface area contributed by atoms with Crippen molar-refractivity contribution >= 4 is 5.82 Å². The predicted octanol–water partition coefficient (Wildman–Crippen LogP) is 1.56. The Labute approximate surface area is 121 Å². The van der Waals surface area contributed by atoms with Crippen molar-refractivity contribution in [3.8, 4) is 5.75 Å². The van der Waals surface area contributed by atoms with Crippen LogP contribution in [0.25, 0.3) is 0 Å². The number of piperazine rings is 1. The van der Waals surface area contributed by atoms with Crippen molar-refractivity contribution in [1.29, 1.82) is 0 Å². The molecule has 1 aromatic rings. The maximum absolute atomic E-state index is 5.64. The summed E-state index contributed by atoms with van der Waals surface area (Å²) in [7, 11) is 3.85. The summed E-state index contributed by atoms with van der Waals surface area (Å²) in [5, 5.41) is 0. The summed E-state index contributed by atoms with van der Waals surface area (Å²) in [5.74, 6) is 1.88. The van der Waals surface area contributed by atoms with Gasteiger partial charge < -0.3 is 19.3 Å². The lowest BCUT2D eigenvalue weighted by atomic mass is 10.2. The van der Waals surface area contributed by atoms with E-state index >= 15 is 0 Å². The second kappa shape index (κ2) is 6.90. The van der Waals surface area contributed by atoms with E-state index in [1.807, 2.05) is 19.1 Å². The van der Waals surface area contributed by atoms with E-state index in [0.29, 0.717) is 19.3 Å². The zero-order chi connectivity index (χ0) is 14.5. The van der Waals surface area contributed by atoms with Gasteiger partial charge >= 0.3 is 0 Å². The first-order valence-electron chi connectivity index (χ1n) is 7.16. The van der Waals surface area contributed by atoms with E-state index in [2.05, 4.69) is 28.8 Å². The number of hydrogen-bond donors (Lipinski definition) is 0. The number of ether oxygens (including phenoxy) is 2. The predicted molar refractivity (Wildman–Crippen MR) is 80.7 cm³/mol. The van der Waals surface area contributed by atoms with Crippen molar-refractivity contribution < 1.29 is 9.47 Å². The quantitative estimate of drug-likeness (QED) is 0.765. The zero-order valence-electron chi connectivity index (χ0n) is 12.9. The molecule has 0 amide bonds. The van der Waals surface area contributed by atoms with Crippen molar-refractivity contribution in [2.45, 2.75) is 19.9 Å². The van der Waals surface area contributed by atoms with Crippen LogP contribution in [0.5, 0.6) is 5.75 Å². The second-order valence-electron chi connectivity index (χ2n) is 5.37. The molecular weight excluding hydrogens is 254 g/mol. The maximum atomic E-state index is 5.64. The van der Waals surface area contributed by atoms with E-state index in [0.717, 1.165) is 36.9 Å². The number of rotatable bonds is 5. The van der Waals surface area contributed by atoms with Crippen LogP contribution < -0.4 is 9.64 Å². The molecule has 1 fully saturated rings. The molecule has 0 radical (unpaired) electrons. The smallest absolute Gasteiger partial charge is 0.140 e. The van der Waals surface area contributed by atoms with Crippen LogP contribution in [0.4, 0.5) is 5.82 Å². The molecule has 0 aliphatic carbocycles. The van der Waals surface area contributed by atoms with Gasteiger partial charge in [-0.05, 0) is 33.0 Å². The third-order valence-electron chi connectivity index (χ3n) is 3.85. The van der Waals surface area contributed by atoms with Crippen LogP contribution in [0.15, 0.2) is 12.1 Å². The van der Waals surface area contributed by atoms with Gasteiger partial charge in [-0.3, -0.25) is 0 Å². The molecule has 0 spiro atoms. The number of aromatic nitrogens is 1. The molecule has 0 aromatic carbocycles. The van der Waals surface area contributed by atoms with Crippen LogP contribution >= 0.6 is 0 Å². The largest absolute Gasteiger partial charge is 0.489 e. The van der Waals surface area contributed by atoms with E-state index in [4.69, 9.17) is 9.47 Å². The summed E-state index contributed by atoms with van der Waals surface area (Å²) >= 11 is 0. The number of pyridine rings is 1. The SMILES string of the molecule is COCCOc1ccc(N2CCN(C)C(C)C2)nc1C. The molecule has 2 heterocycles. The van der Waals surface area contributed by atoms with Gasteiger partial charge in [0, 0.05) is 32.8 Å². The molecule has 112 valence electrons. The lowest BCUT2D eigenvalue weighted by Gasteiger charge is -2.38. The summed E-state index contributed by atoms with van der Waals surface area (Å²) in [6, 6.07) is 4.62. The van der Waals surface area contributed by atoms with Crippen LogP contribution in [0.1, 0.15) is 12.6 Å². The Morgan fingerprint density at radius 1 is 1.30 bits per heavy atom. The van der Waals surface area contributed by atoms with Gasteiger partial charge in [0.2, 0.25) is 0 Å². The van der Waals surface area contributed by atoms with Crippen molar-refractivity contribution in [1.82, 2.24) is 9.88 Å². The Hall–Kier alpha value is -1.33. The van der Waals surface area contributed by atoms with Gasteiger partial charge in [0.25, 0.3) is 0 Å². The number of likely N-dealkylation sites (N-methyl/N-ethyl adjacent to an activating group) is 1. The molecule has 2 rings (SSSR count). The average molecular weight is 279 g/mol. The van der Waals surface area contributed by atoms with Crippen LogP contribution in [-0.2, 0) is 4.74 Å². The molecule has 5 nitrogen and oxygen atoms in total. The Kier molecular flexibility index (Phi) is 5.20. The summed E-state index contributed by atoms with van der Waals surface area (Å²) in [5.41, 5.74) is 0.935. The molecule has 1 atom stereocenters. The first kappa shape index (κ1) is 15.1. The van der Waals surface area contributed by atoms with Gasteiger partial charge in [-0.25, -0.2) is 4.98 Å². The summed E-state index contributed by atoms with van der Waals surface area (Å²) in [6.45, 7) is 8.52. The van der Waals surface area contributed by atoms with E-state index in [1.54, 1.807) is 7.11 Å². The van der Waals surface area contributed by atoms with Crippen LogP contribution in [0, 0.1) is 6.92 Å². The molecule has 20 heavy (non-hydrogen) atoms. The third kappa shape index (κ3) is 3.61. The van der Waals surface area contributed by atoms with Gasteiger partial charge in [0.05, 0.1) is 12.3 Å². The topological polar surface area (TPSA) is 37.8 Å². The molecule has 5 heteroatoms. The molecular formula is C15H25N3O2. The van der Waals surface area contributed by atoms with E-state index < -0.39 is 0 Å². The molecule has 0 N–H and O–H groups in total. The fourth-order valence-corrected chi connectivity index (χ4v) is 2.36. The Bertz CT molecular complexity index is 439. The van der Waals surface area contributed by atoms with Gasteiger partial charge in [-0.1, -0.05) is 0 Å². The summed E-state index contributed by atoms with van der Waals surface area (Å²) in [4.78, 5) is 9.40. The molecule has 1 aliphatic heterocycles. The Balaban J connectivity index is 2.01. The lowest BCUT2D eigenvalue weighted by Crippen LogP contribution is -2.50. The minimum atomic E-state index is 0.559. The van der Waals surface area contributed by atoms with Crippen molar-refractivity contribution in [3.05, 3.63) is 17.8 Å². The highest BCUT2D eigenvalue weighted by molar-refractivity contribution is 5.44. The molecule has 0 saturated carbocycles. The van der Waals surface area contributed by atoms with Crippen LogP contribution in [0.3, 0.4) is 0 Å². The zero-order valence-corrected chi connectivity index (χ0v) is 12.9. The highest BCUT2D eigenvalue weighted by atomic mass is 16.5. The van der Waals surface area contributed by atoms with Gasteiger partial charge in [0.15, 0.2) is 0 Å². The first-order chi connectivity index (χ1) is 9.61. The number of hydrogen-bond acceptors (Lipinski definition) is 5. The summed E-state index contributed by atoms with van der Waals surface area (Å²) in [6.07, 6.45) is 0.